The fourth-order valence-corrected chi connectivity index (χ4v) is 4.47. The summed E-state index contributed by atoms with van der Waals surface area (Å²) < 4.78 is 10.7. The summed E-state index contributed by atoms with van der Waals surface area (Å²) in [5.74, 6) is 1.03. The van der Waals surface area contributed by atoms with Crippen LogP contribution >= 0.6 is 11.6 Å². The third kappa shape index (κ3) is 4.54. The Morgan fingerprint density at radius 3 is 2.90 bits per heavy atom. The molecule has 4 N–H and O–H groups in total. The van der Waals surface area contributed by atoms with Gasteiger partial charge in [-0.25, -0.2) is 10.4 Å². The molecular weight excluding hydrogens is 420 g/mol. The van der Waals surface area contributed by atoms with Crippen molar-refractivity contribution in [2.75, 3.05) is 31.9 Å². The summed E-state index contributed by atoms with van der Waals surface area (Å²) in [6.07, 6.45) is 2.03. The molecule has 3 heterocycles. The number of amides is 1. The van der Waals surface area contributed by atoms with Crippen molar-refractivity contribution in [1.82, 2.24) is 20.7 Å². The molecule has 166 valence electrons. The predicted molar refractivity (Wildman–Crippen MR) is 119 cm³/mol. The third-order valence-electron chi connectivity index (χ3n) is 5.58. The highest BCUT2D eigenvalue weighted by atomic mass is 35.5. The summed E-state index contributed by atoms with van der Waals surface area (Å²) in [4.78, 5) is 17.2. The van der Waals surface area contributed by atoms with Crippen molar-refractivity contribution >= 4 is 29.0 Å². The molecule has 1 amide bonds. The molecule has 2 aromatic rings. The normalized spacial score (nSPS) is 25.3. The fourth-order valence-electron chi connectivity index (χ4n) is 4.22. The Balaban J connectivity index is 1.57. The molecule has 0 spiro atoms. The number of hydrogen-bond donors (Lipinski definition) is 4. The van der Waals surface area contributed by atoms with E-state index < -0.39 is 0 Å². The molecule has 2 fully saturated rings. The molecule has 1 aromatic carbocycles. The van der Waals surface area contributed by atoms with E-state index in [1.165, 1.54) is 5.01 Å². The highest BCUT2D eigenvalue weighted by Gasteiger charge is 2.48. The number of piperidine rings is 1. The number of pyridine rings is 1. The van der Waals surface area contributed by atoms with Gasteiger partial charge in [0.05, 0.1) is 42.7 Å². The van der Waals surface area contributed by atoms with Crippen LogP contribution in [-0.2, 0) is 16.1 Å². The first-order valence-electron chi connectivity index (χ1n) is 10.1. The van der Waals surface area contributed by atoms with Crippen molar-refractivity contribution in [2.24, 2.45) is 5.92 Å². The first kappa shape index (κ1) is 21.6. The summed E-state index contributed by atoms with van der Waals surface area (Å²) in [6, 6.07) is 9.24. The second-order valence-electron chi connectivity index (χ2n) is 7.68. The van der Waals surface area contributed by atoms with Crippen LogP contribution in [0, 0.1) is 5.92 Å². The van der Waals surface area contributed by atoms with E-state index in [4.69, 9.17) is 21.1 Å². The molecular formula is C21H27ClN6O3. The summed E-state index contributed by atoms with van der Waals surface area (Å²) in [7, 11) is 4.98. The van der Waals surface area contributed by atoms with E-state index in [0.29, 0.717) is 23.8 Å². The molecule has 0 radical (unpaired) electrons. The quantitative estimate of drug-likeness (QED) is 0.512. The number of halogens is 1. The molecule has 10 heteroatoms. The van der Waals surface area contributed by atoms with Gasteiger partial charge in [-0.15, -0.1) is 0 Å². The molecule has 31 heavy (non-hydrogen) atoms. The molecule has 1 aromatic heterocycles. The summed E-state index contributed by atoms with van der Waals surface area (Å²) in [6.45, 7) is 0.513. The van der Waals surface area contributed by atoms with Crippen LogP contribution in [0.1, 0.15) is 12.0 Å². The second kappa shape index (κ2) is 9.27. The zero-order valence-corrected chi connectivity index (χ0v) is 18.4. The smallest absolute Gasteiger partial charge is 0.244 e. The Kier molecular flexibility index (Phi) is 6.47. The van der Waals surface area contributed by atoms with Crippen molar-refractivity contribution in [1.29, 1.82) is 0 Å². The van der Waals surface area contributed by atoms with Crippen molar-refractivity contribution in [3.8, 4) is 5.75 Å². The molecule has 2 saturated heterocycles. The second-order valence-corrected chi connectivity index (χ2v) is 8.09. The number of hydrogen-bond acceptors (Lipinski definition) is 8. The van der Waals surface area contributed by atoms with E-state index in [2.05, 4.69) is 26.4 Å². The van der Waals surface area contributed by atoms with Gasteiger partial charge in [-0.2, -0.15) is 0 Å². The number of methoxy groups -OCH3 is 2. The van der Waals surface area contributed by atoms with Crippen LogP contribution in [0.2, 0.25) is 5.02 Å². The summed E-state index contributed by atoms with van der Waals surface area (Å²) in [5, 5.41) is 12.5. The molecule has 0 aliphatic carbocycles. The Hall–Kier alpha value is -2.59. The highest BCUT2D eigenvalue weighted by molar-refractivity contribution is 6.32. The minimum atomic E-state index is -0.292. The van der Waals surface area contributed by atoms with Crippen LogP contribution in [0.25, 0.3) is 0 Å². The Bertz CT molecular complexity index is 945. The topological polar surface area (TPSA) is 99.8 Å². The number of benzene rings is 1. The van der Waals surface area contributed by atoms with E-state index in [1.54, 1.807) is 33.5 Å². The van der Waals surface area contributed by atoms with Gasteiger partial charge in [0.2, 0.25) is 5.91 Å². The van der Waals surface area contributed by atoms with E-state index in [9.17, 15) is 4.79 Å². The van der Waals surface area contributed by atoms with Gasteiger partial charge in [0.25, 0.3) is 0 Å². The maximum absolute atomic E-state index is 12.8. The monoisotopic (exact) mass is 446 g/mol. The molecule has 0 saturated carbocycles. The number of aromatic nitrogens is 1. The lowest BCUT2D eigenvalue weighted by atomic mass is 9.88. The van der Waals surface area contributed by atoms with E-state index in [-0.39, 0.29) is 30.2 Å². The average molecular weight is 447 g/mol. The largest absolute Gasteiger partial charge is 0.493 e. The molecule has 0 bridgehead atoms. The van der Waals surface area contributed by atoms with Crippen molar-refractivity contribution in [3.63, 3.8) is 0 Å². The van der Waals surface area contributed by atoms with Gasteiger partial charge in [-0.1, -0.05) is 17.7 Å². The van der Waals surface area contributed by atoms with Gasteiger partial charge in [-0.05, 0) is 29.8 Å². The molecule has 9 nitrogen and oxygen atoms in total. The SMILES string of the molecule is COCc1ccnc(NC2CC(Nc3cccc(Cl)c3OC)C3C(=O)N(C)NC3N2)c1. The Morgan fingerprint density at radius 1 is 1.29 bits per heavy atom. The lowest BCUT2D eigenvalue weighted by molar-refractivity contribution is -0.131. The maximum atomic E-state index is 12.8. The fraction of sp³-hybridized carbons (Fsp3) is 0.429. The van der Waals surface area contributed by atoms with Crippen LogP contribution in [0.4, 0.5) is 11.5 Å². The van der Waals surface area contributed by atoms with Crippen LogP contribution < -0.4 is 26.1 Å². The van der Waals surface area contributed by atoms with Crippen molar-refractivity contribution in [3.05, 3.63) is 47.1 Å². The van der Waals surface area contributed by atoms with Crippen LogP contribution in [-0.4, -0.2) is 55.5 Å². The molecule has 4 rings (SSSR count). The van der Waals surface area contributed by atoms with Crippen LogP contribution in [0.5, 0.6) is 5.75 Å². The highest BCUT2D eigenvalue weighted by Crippen LogP contribution is 2.36. The van der Waals surface area contributed by atoms with Crippen LogP contribution in [0.15, 0.2) is 36.5 Å². The van der Waals surface area contributed by atoms with Gasteiger partial charge in [-0.3, -0.25) is 15.1 Å². The van der Waals surface area contributed by atoms with Crippen molar-refractivity contribution in [2.45, 2.75) is 31.4 Å². The number of hydrazine groups is 1. The number of ether oxygens (including phenoxy) is 2. The zero-order chi connectivity index (χ0) is 22.0. The minimum Gasteiger partial charge on any atom is -0.493 e. The number of para-hydroxylation sites is 1. The molecule has 4 unspecified atom stereocenters. The lowest BCUT2D eigenvalue weighted by Crippen LogP contribution is -2.60. The number of nitrogens with zero attached hydrogens (tertiary/aromatic N) is 2. The van der Waals surface area contributed by atoms with Gasteiger partial charge >= 0.3 is 0 Å². The number of fused-ring (bicyclic) bond motifs is 1. The lowest BCUT2D eigenvalue weighted by Gasteiger charge is -2.39. The van der Waals surface area contributed by atoms with E-state index in [0.717, 1.165) is 17.1 Å². The van der Waals surface area contributed by atoms with E-state index in [1.807, 2.05) is 24.3 Å². The summed E-state index contributed by atoms with van der Waals surface area (Å²) in [5.41, 5.74) is 4.98. The number of rotatable bonds is 7. The predicted octanol–water partition coefficient (Wildman–Crippen LogP) is 2.02. The number of anilines is 2. The number of nitrogens with one attached hydrogen (secondary N) is 4. The molecule has 2 aliphatic heterocycles. The van der Waals surface area contributed by atoms with Gasteiger partial charge in [0, 0.05) is 32.8 Å². The first-order valence-corrected chi connectivity index (χ1v) is 10.5. The number of carbonyl (C=O) groups is 1. The number of carbonyl (C=O) groups excluding carboxylic acids is 1. The van der Waals surface area contributed by atoms with Gasteiger partial charge in [0.1, 0.15) is 5.82 Å². The van der Waals surface area contributed by atoms with Crippen molar-refractivity contribution < 1.29 is 14.3 Å². The third-order valence-corrected chi connectivity index (χ3v) is 5.88. The summed E-state index contributed by atoms with van der Waals surface area (Å²) >= 11 is 6.29. The molecule has 2 aliphatic rings. The van der Waals surface area contributed by atoms with Gasteiger partial charge in [0.15, 0.2) is 5.75 Å². The van der Waals surface area contributed by atoms with E-state index >= 15 is 0 Å². The minimum absolute atomic E-state index is 0.0228. The Morgan fingerprint density at radius 2 is 2.13 bits per heavy atom. The average Bonchev–Trinajstić information content (AvgIpc) is 3.02. The first-order chi connectivity index (χ1) is 15.0. The zero-order valence-electron chi connectivity index (χ0n) is 17.7. The standard InChI is InChI=1S/C21H27ClN6O3/c1-28-21(29)18-15(24-14-6-4-5-13(22)19(14)31-3)10-17(26-20(18)27-28)25-16-9-12(11-30-2)7-8-23-16/h4-9,15,17-18,20,24,26-27H,10-11H2,1-3H3,(H,23,25). The maximum Gasteiger partial charge on any atom is 0.244 e. The Labute approximate surface area is 186 Å². The van der Waals surface area contributed by atoms with Gasteiger partial charge < -0.3 is 20.1 Å². The van der Waals surface area contributed by atoms with Crippen LogP contribution in [0.3, 0.4) is 0 Å². The molecule has 4 atom stereocenters.